The average molecular weight is 509 g/mol. The lowest BCUT2D eigenvalue weighted by Gasteiger charge is -2.28. The van der Waals surface area contributed by atoms with Crippen molar-refractivity contribution in [3.8, 4) is 5.75 Å². The van der Waals surface area contributed by atoms with Crippen LogP contribution in [-0.2, 0) is 28.4 Å². The van der Waals surface area contributed by atoms with Gasteiger partial charge in [-0.3, -0.25) is 0 Å². The molecule has 1 heterocycles. The summed E-state index contributed by atoms with van der Waals surface area (Å²) in [7, 11) is 2.31. The summed E-state index contributed by atoms with van der Waals surface area (Å²) in [5.41, 5.74) is 0.646. The van der Waals surface area contributed by atoms with Crippen LogP contribution < -0.4 is 4.74 Å². The van der Waals surface area contributed by atoms with E-state index in [0.717, 1.165) is 38.2 Å². The second kappa shape index (κ2) is 14.9. The quantitative estimate of drug-likeness (QED) is 0.231. The summed E-state index contributed by atoms with van der Waals surface area (Å²) < 4.78 is 36.0. The Morgan fingerprint density at radius 1 is 0.806 bits per heavy atom. The highest BCUT2D eigenvalue weighted by Gasteiger charge is 2.43. The first-order valence-electron chi connectivity index (χ1n) is 13.0. The Bertz CT molecular complexity index is 763. The molecule has 0 radical (unpaired) electrons. The van der Waals surface area contributed by atoms with E-state index in [2.05, 4.69) is 16.4 Å². The molecule has 36 heavy (non-hydrogen) atoms. The first-order chi connectivity index (χ1) is 17.5. The minimum absolute atomic E-state index is 0.646. The Hall–Kier alpha value is -2.52. The molecular formula is C27H40O9. The topological polar surface area (TPSA) is 98.8 Å². The van der Waals surface area contributed by atoms with Gasteiger partial charge >= 0.3 is 12.3 Å². The summed E-state index contributed by atoms with van der Waals surface area (Å²) in [6.07, 6.45) is 7.71. The van der Waals surface area contributed by atoms with Gasteiger partial charge in [-0.2, -0.15) is 0 Å². The van der Waals surface area contributed by atoms with Crippen LogP contribution in [0.3, 0.4) is 0 Å². The van der Waals surface area contributed by atoms with Crippen LogP contribution in [0, 0.1) is 11.8 Å². The molecule has 2 aliphatic rings. The number of hydrogen-bond donors (Lipinski definition) is 0. The first kappa shape index (κ1) is 28.1. The number of hydrogen-bond acceptors (Lipinski definition) is 9. The third kappa shape index (κ3) is 8.85. The summed E-state index contributed by atoms with van der Waals surface area (Å²) in [6, 6.07) is 7.23. The molecule has 1 saturated carbocycles. The maximum Gasteiger partial charge on any atom is 0.510 e. The van der Waals surface area contributed by atoms with Crippen LogP contribution in [0.15, 0.2) is 24.3 Å². The predicted octanol–water partition coefficient (Wildman–Crippen LogP) is 6.50. The lowest BCUT2D eigenvalue weighted by Crippen LogP contribution is -2.32. The molecular weight excluding hydrogens is 468 g/mol. The number of methoxy groups -OCH3 is 2. The van der Waals surface area contributed by atoms with E-state index in [0.29, 0.717) is 12.2 Å². The summed E-state index contributed by atoms with van der Waals surface area (Å²) in [5.74, 6) is 2.52. The van der Waals surface area contributed by atoms with Crippen molar-refractivity contribution in [2.45, 2.75) is 90.0 Å². The molecule has 1 saturated heterocycles. The summed E-state index contributed by atoms with van der Waals surface area (Å²) in [5, 5.41) is 0. The van der Waals surface area contributed by atoms with E-state index in [4.69, 9.17) is 23.7 Å². The normalized spacial score (nSPS) is 24.2. The molecule has 1 aromatic rings. The van der Waals surface area contributed by atoms with Crippen LogP contribution in [-0.4, -0.2) is 45.7 Å². The van der Waals surface area contributed by atoms with E-state index in [-0.39, 0.29) is 0 Å². The van der Waals surface area contributed by atoms with Gasteiger partial charge in [-0.25, -0.2) is 9.59 Å². The first-order valence-corrected chi connectivity index (χ1v) is 13.0. The summed E-state index contributed by atoms with van der Waals surface area (Å²) in [4.78, 5) is 23.0. The zero-order valence-electron chi connectivity index (χ0n) is 21.6. The van der Waals surface area contributed by atoms with E-state index in [9.17, 15) is 9.59 Å². The van der Waals surface area contributed by atoms with Crippen molar-refractivity contribution in [2.24, 2.45) is 11.8 Å². The summed E-state index contributed by atoms with van der Waals surface area (Å²) >= 11 is 0. The Balaban J connectivity index is 1.39. The molecule has 3 rings (SSSR count). The van der Waals surface area contributed by atoms with E-state index < -0.39 is 31.2 Å². The minimum Gasteiger partial charge on any atom is -0.494 e. The van der Waals surface area contributed by atoms with Crippen molar-refractivity contribution in [3.05, 3.63) is 29.8 Å². The fourth-order valence-corrected chi connectivity index (χ4v) is 4.79. The van der Waals surface area contributed by atoms with Gasteiger partial charge in [0, 0.05) is 5.56 Å². The van der Waals surface area contributed by atoms with Crippen LogP contribution in [0.1, 0.15) is 83.0 Å². The van der Waals surface area contributed by atoms with Crippen LogP contribution in [0.25, 0.3) is 0 Å². The molecule has 0 N–H and O–H groups in total. The number of rotatable bonds is 12. The van der Waals surface area contributed by atoms with Gasteiger partial charge in [-0.15, -0.1) is 0 Å². The van der Waals surface area contributed by atoms with Crippen molar-refractivity contribution in [3.63, 3.8) is 0 Å². The molecule has 2 atom stereocenters. The Morgan fingerprint density at radius 3 is 1.83 bits per heavy atom. The van der Waals surface area contributed by atoms with Crippen LogP contribution in [0.5, 0.6) is 5.75 Å². The van der Waals surface area contributed by atoms with Gasteiger partial charge in [0.05, 0.1) is 20.8 Å². The molecule has 9 nitrogen and oxygen atoms in total. The number of benzene rings is 1. The number of unbranched alkanes of at least 4 members (excludes halogenated alkanes) is 2. The highest BCUT2D eigenvalue weighted by atomic mass is 16.9. The van der Waals surface area contributed by atoms with Gasteiger partial charge < -0.3 is 33.2 Å². The van der Waals surface area contributed by atoms with Crippen LogP contribution in [0.4, 0.5) is 9.59 Å². The van der Waals surface area contributed by atoms with Crippen molar-refractivity contribution in [1.29, 1.82) is 0 Å². The van der Waals surface area contributed by atoms with Gasteiger partial charge in [0.15, 0.2) is 6.29 Å². The van der Waals surface area contributed by atoms with Gasteiger partial charge in [0.25, 0.3) is 12.6 Å². The smallest absolute Gasteiger partial charge is 0.494 e. The molecule has 9 heteroatoms. The molecule has 0 spiro atoms. The molecule has 1 aliphatic carbocycles. The maximum absolute atomic E-state index is 11.5. The molecule has 1 aliphatic heterocycles. The Morgan fingerprint density at radius 2 is 1.33 bits per heavy atom. The lowest BCUT2D eigenvalue weighted by atomic mass is 9.78. The number of carbonyl (C=O) groups excluding carboxylic acids is 2. The van der Waals surface area contributed by atoms with E-state index in [1.165, 1.54) is 57.8 Å². The zero-order valence-corrected chi connectivity index (χ0v) is 21.6. The van der Waals surface area contributed by atoms with Crippen molar-refractivity contribution < 1.29 is 42.7 Å². The molecule has 0 amide bonds. The highest BCUT2D eigenvalue weighted by Crippen LogP contribution is 2.35. The van der Waals surface area contributed by atoms with E-state index in [1.54, 1.807) is 12.1 Å². The van der Waals surface area contributed by atoms with Gasteiger partial charge in [-0.05, 0) is 36.8 Å². The minimum atomic E-state index is -1.30. The fourth-order valence-electron chi connectivity index (χ4n) is 4.79. The Labute approximate surface area is 213 Å². The average Bonchev–Trinajstić information content (AvgIpc) is 3.29. The second-order valence-electron chi connectivity index (χ2n) is 9.43. The van der Waals surface area contributed by atoms with Crippen molar-refractivity contribution >= 4 is 12.3 Å². The van der Waals surface area contributed by atoms with Crippen LogP contribution in [0.2, 0.25) is 0 Å². The monoisotopic (exact) mass is 508 g/mol. The third-order valence-corrected chi connectivity index (χ3v) is 6.86. The van der Waals surface area contributed by atoms with Crippen LogP contribution >= 0.6 is 0 Å². The lowest BCUT2D eigenvalue weighted by molar-refractivity contribution is -0.156. The molecule has 202 valence electrons. The fraction of sp³-hybridized carbons (Fsp3) is 0.704. The zero-order chi connectivity index (χ0) is 25.8. The van der Waals surface area contributed by atoms with Gasteiger partial charge in [-0.1, -0.05) is 70.4 Å². The molecule has 0 bridgehead atoms. The van der Waals surface area contributed by atoms with E-state index >= 15 is 0 Å². The van der Waals surface area contributed by atoms with Gasteiger partial charge in [0.2, 0.25) is 0 Å². The second-order valence-corrected chi connectivity index (χ2v) is 9.43. The maximum atomic E-state index is 11.5. The van der Waals surface area contributed by atoms with Crippen molar-refractivity contribution in [1.82, 2.24) is 0 Å². The Kier molecular flexibility index (Phi) is 11.6. The van der Waals surface area contributed by atoms with E-state index in [1.807, 2.05) is 12.1 Å². The molecule has 2 fully saturated rings. The predicted molar refractivity (Wildman–Crippen MR) is 130 cm³/mol. The highest BCUT2D eigenvalue weighted by molar-refractivity contribution is 5.61. The van der Waals surface area contributed by atoms with Gasteiger partial charge in [0.1, 0.15) is 5.75 Å². The summed E-state index contributed by atoms with van der Waals surface area (Å²) in [6.45, 7) is 2.95. The SMILES string of the molecule is CCCCC[C@H]1CC[C@H](CCCOc2ccc(C3O[C@H](OC(=O)OC)[C@@H](OC(=O)OC)O3)cc2)CC1. The standard InChI is InChI=1S/C27H40O9/c1-4-5-6-8-19-10-12-20(13-11-19)9-7-18-32-22-16-14-21(15-17-22)23-33-24(35-26(28)30-2)25(34-23)36-27(29)31-3/h14-17,19-20,23-25H,4-13,18H2,1-3H3/t19-,20-,24-,25-/m1/s1. The molecule has 0 aromatic heterocycles. The molecule has 1 aromatic carbocycles. The number of carbonyl (C=O) groups is 2. The largest absolute Gasteiger partial charge is 0.510 e. The molecule has 0 unspecified atom stereocenters. The number of ether oxygens (including phenoxy) is 7. The third-order valence-electron chi connectivity index (χ3n) is 6.86. The van der Waals surface area contributed by atoms with Crippen molar-refractivity contribution in [2.75, 3.05) is 20.8 Å².